The van der Waals surface area contributed by atoms with Gasteiger partial charge in [-0.2, -0.15) is 49.3 Å². The molecule has 1 fully saturated rings. The van der Waals surface area contributed by atoms with Gasteiger partial charge in [-0.3, -0.25) is 0 Å². The summed E-state index contributed by atoms with van der Waals surface area (Å²) in [6.45, 7) is 6.46. The van der Waals surface area contributed by atoms with Crippen LogP contribution in [0.15, 0.2) is 130 Å². The van der Waals surface area contributed by atoms with Crippen molar-refractivity contribution >= 4 is 137 Å². The van der Waals surface area contributed by atoms with Gasteiger partial charge >= 0.3 is 23.9 Å². The van der Waals surface area contributed by atoms with E-state index in [4.69, 9.17) is 67.3 Å². The normalized spacial score (nSPS) is 16.0. The van der Waals surface area contributed by atoms with Crippen LogP contribution in [-0.4, -0.2) is 74.8 Å². The summed E-state index contributed by atoms with van der Waals surface area (Å²) in [5, 5.41) is 36.8. The molecule has 13 nitrogen and oxygen atoms in total. The number of ether oxygens (including phenoxy) is 5. The topological polar surface area (TPSA) is 195 Å². The van der Waals surface area contributed by atoms with Gasteiger partial charge in [-0.25, -0.2) is 19.2 Å². The Labute approximate surface area is 518 Å². The van der Waals surface area contributed by atoms with E-state index in [0.717, 1.165) is 78.1 Å². The van der Waals surface area contributed by atoms with Crippen molar-refractivity contribution in [1.82, 2.24) is 0 Å². The molecule has 5 aromatic rings. The average Bonchev–Trinajstić information content (AvgIpc) is 4.15. The second-order valence-corrected chi connectivity index (χ2v) is 20.9. The van der Waals surface area contributed by atoms with Crippen molar-refractivity contribution in [2.75, 3.05) is 0 Å². The van der Waals surface area contributed by atoms with Crippen LogP contribution in [0.3, 0.4) is 0 Å². The van der Waals surface area contributed by atoms with Crippen molar-refractivity contribution in [2.45, 2.75) is 122 Å². The highest BCUT2D eigenvalue weighted by atomic mass is 79.9. The molecule has 440 valence electrons. The lowest BCUT2D eigenvalue weighted by molar-refractivity contribution is -0.145. The van der Waals surface area contributed by atoms with Gasteiger partial charge in [0.2, 0.25) is 0 Å². The zero-order valence-corrected chi connectivity index (χ0v) is 52.3. The maximum Gasteiger partial charge on any atom is 0.344 e. The highest BCUT2D eigenvalue weighted by Crippen LogP contribution is 2.45. The average molecular weight is 1350 g/mol. The fraction of sp³-hybridized carbons (Fsp3) is 0.322. The van der Waals surface area contributed by atoms with Gasteiger partial charge < -0.3 is 44.1 Å². The fourth-order valence-corrected chi connectivity index (χ4v) is 9.17. The number of carboxylic acids is 4. The second-order valence-electron chi connectivity index (χ2n) is 18.2. The molecule has 22 heteroatoms. The third-order valence-electron chi connectivity index (χ3n) is 12.4. The molecule has 4 N–H and O–H groups in total. The zero-order valence-electron chi connectivity index (χ0n) is 44.6. The number of hydrogen-bond acceptors (Lipinski definition) is 9. The number of carbonyl (C=O) groups is 4. The first-order valence-electron chi connectivity index (χ1n) is 24.9. The highest BCUT2D eigenvalue weighted by molar-refractivity contribution is 9.10. The first kappa shape index (κ1) is 71.9. The smallest absolute Gasteiger partial charge is 0.344 e. The van der Waals surface area contributed by atoms with E-state index >= 15 is 0 Å². The molecule has 0 saturated heterocycles. The molecule has 5 aromatic carbocycles. The van der Waals surface area contributed by atoms with Gasteiger partial charge in [-0.15, -0.1) is 0 Å². The number of halogens is 6. The van der Waals surface area contributed by atoms with Crippen LogP contribution < -0.4 is 18.9 Å². The second kappa shape index (κ2) is 35.7. The number of benzene rings is 5. The SMILES string of the molecule is C[C@H](Oc1ccc(Br)cc1C1=CCCC1)C(=O)O.C[C@H](Oc1ccc(Br)cc1C=C(F)F)C(=O)O.C[C@H](Oc1ccc(Cl)cc1C1=CCCC1)C(=O)O.C[C@H](Oc1ccc(Cl)cc1C1CCC1OCc1ccccc1)C(=O)O.S.S.S. The Kier molecular flexibility index (Phi) is 31.7. The Morgan fingerprint density at radius 2 is 1.01 bits per heavy atom. The molecule has 3 aliphatic rings. The van der Waals surface area contributed by atoms with E-state index in [9.17, 15) is 28.0 Å². The quantitative estimate of drug-likeness (QED) is 0.0610. The van der Waals surface area contributed by atoms with Gasteiger partial charge in [0.15, 0.2) is 24.4 Å². The Morgan fingerprint density at radius 3 is 1.47 bits per heavy atom. The van der Waals surface area contributed by atoms with Gasteiger partial charge in [-0.1, -0.05) is 97.5 Å². The number of aliphatic carboxylic acids is 4. The lowest BCUT2D eigenvalue weighted by atomic mass is 9.76. The summed E-state index contributed by atoms with van der Waals surface area (Å²) in [5.41, 5.74) is 6.50. The first-order valence-corrected chi connectivity index (χ1v) is 27.3. The van der Waals surface area contributed by atoms with Gasteiger partial charge in [0.05, 0.1) is 12.7 Å². The van der Waals surface area contributed by atoms with Gasteiger partial charge in [-0.05, 0) is 169 Å². The highest BCUT2D eigenvalue weighted by Gasteiger charge is 2.36. The van der Waals surface area contributed by atoms with E-state index in [1.165, 1.54) is 51.0 Å². The van der Waals surface area contributed by atoms with Crippen molar-refractivity contribution in [3.63, 3.8) is 0 Å². The maximum absolute atomic E-state index is 12.2. The lowest BCUT2D eigenvalue weighted by Gasteiger charge is -2.37. The minimum absolute atomic E-state index is 0. The molecule has 0 amide bonds. The molecular weight excluding hydrogens is 1280 g/mol. The van der Waals surface area contributed by atoms with Crippen molar-refractivity contribution in [1.29, 1.82) is 0 Å². The molecule has 0 aliphatic heterocycles. The first-order chi connectivity index (χ1) is 37.1. The molecule has 81 heavy (non-hydrogen) atoms. The van der Waals surface area contributed by atoms with Crippen molar-refractivity contribution in [2.24, 2.45) is 0 Å². The molecular formula is C59H66Br2Cl2F2O13S3. The van der Waals surface area contributed by atoms with Crippen molar-refractivity contribution in [3.05, 3.63) is 168 Å². The van der Waals surface area contributed by atoms with Gasteiger partial charge in [0.1, 0.15) is 23.0 Å². The summed E-state index contributed by atoms with van der Waals surface area (Å²) in [4.78, 5) is 43.4. The predicted octanol–water partition coefficient (Wildman–Crippen LogP) is 16.2. The van der Waals surface area contributed by atoms with Crippen LogP contribution in [0.5, 0.6) is 23.0 Å². The van der Waals surface area contributed by atoms with Crippen LogP contribution >= 0.6 is 95.5 Å². The Morgan fingerprint density at radius 1 is 0.580 bits per heavy atom. The summed E-state index contributed by atoms with van der Waals surface area (Å²) >= 11 is 18.7. The lowest BCUT2D eigenvalue weighted by Crippen LogP contribution is -2.33. The molecule has 2 unspecified atom stereocenters. The Bertz CT molecular complexity index is 2890. The minimum Gasteiger partial charge on any atom is -0.479 e. The van der Waals surface area contributed by atoms with Crippen LogP contribution in [0.2, 0.25) is 10.0 Å². The minimum atomic E-state index is -1.88. The number of hydrogen-bond donors (Lipinski definition) is 4. The predicted molar refractivity (Wildman–Crippen MR) is 334 cm³/mol. The molecule has 0 spiro atoms. The zero-order chi connectivity index (χ0) is 57.1. The van der Waals surface area contributed by atoms with E-state index in [1.54, 1.807) is 30.3 Å². The van der Waals surface area contributed by atoms with Crippen LogP contribution in [0.25, 0.3) is 17.2 Å². The number of carboxylic acid groups (broad SMARTS) is 4. The summed E-state index contributed by atoms with van der Waals surface area (Å²) in [5.74, 6) is -2.04. The third-order valence-corrected chi connectivity index (χ3v) is 13.8. The van der Waals surface area contributed by atoms with Crippen molar-refractivity contribution < 1.29 is 72.1 Å². The van der Waals surface area contributed by atoms with E-state index < -0.39 is 54.4 Å². The van der Waals surface area contributed by atoms with E-state index in [0.29, 0.717) is 44.4 Å². The molecule has 0 radical (unpaired) electrons. The summed E-state index contributed by atoms with van der Waals surface area (Å²) < 4.78 is 53.7. The van der Waals surface area contributed by atoms with Gasteiger partial charge in [0, 0.05) is 53.2 Å². The van der Waals surface area contributed by atoms with Gasteiger partial charge in [0.25, 0.3) is 6.08 Å². The number of allylic oxidation sites excluding steroid dienone is 4. The van der Waals surface area contributed by atoms with E-state index in [2.05, 4.69) is 44.0 Å². The molecule has 6 atom stereocenters. The monoisotopic (exact) mass is 1340 g/mol. The Hall–Kier alpha value is -5.19. The molecule has 0 aromatic heterocycles. The summed E-state index contributed by atoms with van der Waals surface area (Å²) in [7, 11) is 0. The summed E-state index contributed by atoms with van der Waals surface area (Å²) in [6, 6.07) is 30.7. The largest absolute Gasteiger partial charge is 0.479 e. The maximum atomic E-state index is 12.2. The Balaban J connectivity index is 0.000000369. The third kappa shape index (κ3) is 23.2. The standard InChI is InChI=1S/C20H21ClO4.C14H15BrO3.C14H15ClO3.C11H9BrF2O3.3H2S/c1-13(20(22)23)25-19-9-7-15(21)11-17(19)16-8-10-18(16)24-12-14-5-3-2-4-6-14;2*1-9(14(16)17)18-13-7-6-11(15)8-12(13)10-4-2-3-5-10;1-6(11(15)16)17-9-3-2-8(12)4-7(9)5-10(13)14;;;/h2-7,9,11,13,16,18H,8,10,12H2,1H3,(H,22,23);2*4,6-9H,2-3,5H2,1H3,(H,16,17);2-6H,1H3,(H,15,16);3*1H2/t13-,16?,18?;2*9-;6-;;;/m0000.../s1. The molecule has 0 heterocycles. The van der Waals surface area contributed by atoms with Crippen LogP contribution in [-0.2, 0) is 30.5 Å². The van der Waals surface area contributed by atoms with Crippen LogP contribution in [0, 0.1) is 0 Å². The molecule has 3 aliphatic carbocycles. The van der Waals surface area contributed by atoms with Crippen LogP contribution in [0.1, 0.15) is 113 Å². The molecule has 1 saturated carbocycles. The summed E-state index contributed by atoms with van der Waals surface area (Å²) in [6.07, 6.45) is 7.79. The van der Waals surface area contributed by atoms with E-state index in [-0.39, 0.29) is 63.8 Å². The molecule has 0 bridgehead atoms. The van der Waals surface area contributed by atoms with Crippen molar-refractivity contribution in [3.8, 4) is 23.0 Å². The number of rotatable bonds is 19. The fourth-order valence-electron chi connectivity index (χ4n) is 8.08. The van der Waals surface area contributed by atoms with E-state index in [1.807, 2.05) is 60.7 Å². The van der Waals surface area contributed by atoms with Crippen LogP contribution in [0.4, 0.5) is 8.78 Å². The molecule has 8 rings (SSSR count).